The lowest BCUT2D eigenvalue weighted by atomic mass is 9.89. The first-order valence-corrected chi connectivity index (χ1v) is 5.99. The molecule has 0 saturated carbocycles. The van der Waals surface area contributed by atoms with Crippen LogP contribution < -0.4 is 0 Å². The van der Waals surface area contributed by atoms with Gasteiger partial charge in [0.05, 0.1) is 0 Å². The van der Waals surface area contributed by atoms with Crippen LogP contribution in [0.5, 0.6) is 0 Å². The first kappa shape index (κ1) is 12.0. The predicted octanol–water partition coefficient (Wildman–Crippen LogP) is 4.61. The van der Waals surface area contributed by atoms with Gasteiger partial charge in [0, 0.05) is 0 Å². The smallest absolute Gasteiger partial charge is 0.00670 e. The van der Waals surface area contributed by atoms with E-state index in [2.05, 4.69) is 50.8 Å². The Morgan fingerprint density at radius 3 is 2.40 bits per heavy atom. The van der Waals surface area contributed by atoms with Crippen LogP contribution in [0.1, 0.15) is 38.7 Å². The lowest BCUT2D eigenvalue weighted by molar-refractivity contribution is 0.526. The molecule has 0 fully saturated rings. The summed E-state index contributed by atoms with van der Waals surface area (Å²) in [6.45, 7) is 8.75. The Labute approximate surface area is 94.0 Å². The summed E-state index contributed by atoms with van der Waals surface area (Å²) < 4.78 is 0. The molecule has 82 valence electrons. The summed E-state index contributed by atoms with van der Waals surface area (Å²) in [4.78, 5) is 0. The van der Waals surface area contributed by atoms with E-state index in [0.717, 1.165) is 6.42 Å². The summed E-state index contributed by atoms with van der Waals surface area (Å²) in [5.41, 5.74) is 2.78. The van der Waals surface area contributed by atoms with Gasteiger partial charge in [0.25, 0.3) is 0 Å². The van der Waals surface area contributed by atoms with Gasteiger partial charge in [0.2, 0.25) is 0 Å². The molecule has 1 aromatic carbocycles. The summed E-state index contributed by atoms with van der Waals surface area (Å²) in [7, 11) is 0. The van der Waals surface area contributed by atoms with E-state index < -0.39 is 0 Å². The van der Waals surface area contributed by atoms with Crippen LogP contribution in [0.25, 0.3) is 0 Å². The standard InChI is InChI=1S/C15H22/c1-4-9-15(5-2)13(3)12-14-10-7-6-8-11-14/h6-8,10-11,15H,3-5,9,12H2,1-2H3. The fourth-order valence-electron chi connectivity index (χ4n) is 2.05. The number of allylic oxidation sites excluding steroid dienone is 1. The average molecular weight is 202 g/mol. The molecule has 0 spiro atoms. The molecular formula is C15H22. The van der Waals surface area contributed by atoms with Crippen molar-refractivity contribution in [2.24, 2.45) is 5.92 Å². The second kappa shape index (κ2) is 6.44. The summed E-state index contributed by atoms with van der Waals surface area (Å²) in [5.74, 6) is 0.704. The number of benzene rings is 1. The van der Waals surface area contributed by atoms with Gasteiger partial charge in [-0.3, -0.25) is 0 Å². The zero-order chi connectivity index (χ0) is 11.1. The van der Waals surface area contributed by atoms with Crippen molar-refractivity contribution in [2.45, 2.75) is 39.5 Å². The molecule has 0 N–H and O–H groups in total. The highest BCUT2D eigenvalue weighted by Gasteiger charge is 2.09. The van der Waals surface area contributed by atoms with Crippen LogP contribution >= 0.6 is 0 Å². The van der Waals surface area contributed by atoms with E-state index in [0.29, 0.717) is 5.92 Å². The van der Waals surface area contributed by atoms with Crippen molar-refractivity contribution in [3.05, 3.63) is 48.0 Å². The largest absolute Gasteiger partial charge is 0.0992 e. The van der Waals surface area contributed by atoms with Gasteiger partial charge < -0.3 is 0 Å². The molecule has 0 aliphatic carbocycles. The average Bonchev–Trinajstić information content (AvgIpc) is 2.27. The Hall–Kier alpha value is -1.04. The minimum atomic E-state index is 0.704. The molecule has 0 aliphatic rings. The molecule has 1 rings (SSSR count). The van der Waals surface area contributed by atoms with Crippen molar-refractivity contribution in [1.29, 1.82) is 0 Å². The molecule has 0 heterocycles. The first-order valence-electron chi connectivity index (χ1n) is 5.99. The zero-order valence-corrected chi connectivity index (χ0v) is 10.00. The lowest BCUT2D eigenvalue weighted by Gasteiger charge is -2.17. The van der Waals surface area contributed by atoms with Gasteiger partial charge in [0.15, 0.2) is 0 Å². The van der Waals surface area contributed by atoms with Crippen LogP contribution in [0, 0.1) is 5.92 Å². The van der Waals surface area contributed by atoms with Crippen molar-refractivity contribution in [1.82, 2.24) is 0 Å². The van der Waals surface area contributed by atoms with E-state index in [1.165, 1.54) is 30.4 Å². The second-order valence-corrected chi connectivity index (χ2v) is 4.21. The number of rotatable bonds is 6. The summed E-state index contributed by atoms with van der Waals surface area (Å²) in [6.07, 6.45) is 4.80. The van der Waals surface area contributed by atoms with Crippen LogP contribution in [0.4, 0.5) is 0 Å². The molecule has 0 radical (unpaired) electrons. The molecule has 0 aromatic heterocycles. The number of hydrogen-bond donors (Lipinski definition) is 0. The highest BCUT2D eigenvalue weighted by molar-refractivity contribution is 5.21. The van der Waals surface area contributed by atoms with Gasteiger partial charge in [-0.25, -0.2) is 0 Å². The fourth-order valence-corrected chi connectivity index (χ4v) is 2.05. The van der Waals surface area contributed by atoms with Gasteiger partial charge in [-0.2, -0.15) is 0 Å². The summed E-state index contributed by atoms with van der Waals surface area (Å²) >= 11 is 0. The third-order valence-electron chi connectivity index (χ3n) is 2.98. The Morgan fingerprint density at radius 2 is 1.87 bits per heavy atom. The third-order valence-corrected chi connectivity index (χ3v) is 2.98. The Bertz CT molecular complexity index is 284. The van der Waals surface area contributed by atoms with E-state index in [1.807, 2.05) is 0 Å². The maximum Gasteiger partial charge on any atom is -0.00670 e. The monoisotopic (exact) mass is 202 g/mol. The van der Waals surface area contributed by atoms with Crippen molar-refractivity contribution in [3.8, 4) is 0 Å². The quantitative estimate of drug-likeness (QED) is 0.591. The molecule has 0 nitrogen and oxygen atoms in total. The minimum Gasteiger partial charge on any atom is -0.0992 e. The molecule has 1 aromatic rings. The SMILES string of the molecule is C=C(Cc1ccccc1)C(CC)CCC. The van der Waals surface area contributed by atoms with Gasteiger partial charge >= 0.3 is 0 Å². The van der Waals surface area contributed by atoms with Crippen LogP contribution in [0.3, 0.4) is 0 Å². The third kappa shape index (κ3) is 3.91. The molecule has 0 bridgehead atoms. The zero-order valence-electron chi connectivity index (χ0n) is 10.00. The van der Waals surface area contributed by atoms with Crippen LogP contribution in [-0.4, -0.2) is 0 Å². The second-order valence-electron chi connectivity index (χ2n) is 4.21. The molecule has 0 amide bonds. The van der Waals surface area contributed by atoms with Crippen molar-refractivity contribution < 1.29 is 0 Å². The molecular weight excluding hydrogens is 180 g/mol. The molecule has 15 heavy (non-hydrogen) atoms. The van der Waals surface area contributed by atoms with Gasteiger partial charge in [-0.1, -0.05) is 62.8 Å². The highest BCUT2D eigenvalue weighted by Crippen LogP contribution is 2.22. The molecule has 0 heteroatoms. The minimum absolute atomic E-state index is 0.704. The van der Waals surface area contributed by atoms with Gasteiger partial charge in [0.1, 0.15) is 0 Å². The van der Waals surface area contributed by atoms with E-state index in [1.54, 1.807) is 0 Å². The summed E-state index contributed by atoms with van der Waals surface area (Å²) in [5, 5.41) is 0. The maximum absolute atomic E-state index is 4.24. The van der Waals surface area contributed by atoms with Crippen LogP contribution in [-0.2, 0) is 6.42 Å². The van der Waals surface area contributed by atoms with E-state index in [4.69, 9.17) is 0 Å². The molecule has 0 saturated heterocycles. The van der Waals surface area contributed by atoms with E-state index >= 15 is 0 Å². The Kier molecular flexibility index (Phi) is 5.17. The lowest BCUT2D eigenvalue weighted by Crippen LogP contribution is -2.04. The molecule has 1 atom stereocenters. The van der Waals surface area contributed by atoms with Gasteiger partial charge in [-0.15, -0.1) is 0 Å². The predicted molar refractivity (Wildman–Crippen MR) is 68.0 cm³/mol. The summed E-state index contributed by atoms with van der Waals surface area (Å²) in [6, 6.07) is 10.6. The topological polar surface area (TPSA) is 0 Å². The van der Waals surface area contributed by atoms with Crippen molar-refractivity contribution >= 4 is 0 Å². The maximum atomic E-state index is 4.24. The first-order chi connectivity index (χ1) is 7.27. The Morgan fingerprint density at radius 1 is 1.20 bits per heavy atom. The number of hydrogen-bond acceptors (Lipinski definition) is 0. The van der Waals surface area contributed by atoms with Gasteiger partial charge in [-0.05, 0) is 30.7 Å². The van der Waals surface area contributed by atoms with Crippen LogP contribution in [0.15, 0.2) is 42.5 Å². The molecule has 0 aliphatic heterocycles. The Balaban J connectivity index is 2.54. The van der Waals surface area contributed by atoms with Crippen LogP contribution in [0.2, 0.25) is 0 Å². The fraction of sp³-hybridized carbons (Fsp3) is 0.467. The normalized spacial score (nSPS) is 12.4. The van der Waals surface area contributed by atoms with Crippen molar-refractivity contribution in [3.63, 3.8) is 0 Å². The highest BCUT2D eigenvalue weighted by atomic mass is 14.1. The van der Waals surface area contributed by atoms with E-state index in [-0.39, 0.29) is 0 Å². The molecule has 1 unspecified atom stereocenters. The van der Waals surface area contributed by atoms with Crippen molar-refractivity contribution in [2.75, 3.05) is 0 Å². The van der Waals surface area contributed by atoms with E-state index in [9.17, 15) is 0 Å².